The Kier molecular flexibility index (Phi) is 4.60. The lowest BCUT2D eigenvalue weighted by atomic mass is 9.49. The third-order valence-electron chi connectivity index (χ3n) is 7.79. The van der Waals surface area contributed by atoms with Crippen LogP contribution in [0.4, 0.5) is 0 Å². The van der Waals surface area contributed by atoms with Gasteiger partial charge in [0, 0.05) is 17.1 Å². The number of hydrogen-bond acceptors (Lipinski definition) is 6. The number of hydrogen-bond donors (Lipinski definition) is 0. The topological polar surface area (TPSA) is 66.2 Å². The van der Waals surface area contributed by atoms with Crippen LogP contribution in [0.2, 0.25) is 0 Å². The van der Waals surface area contributed by atoms with Crippen LogP contribution in [0.1, 0.15) is 73.3 Å². The Morgan fingerprint density at radius 3 is 2.48 bits per heavy atom. The molecule has 4 aliphatic carbocycles. The highest BCUT2D eigenvalue weighted by Gasteiger charge is 2.54. The summed E-state index contributed by atoms with van der Waals surface area (Å²) in [5.74, 6) is 4.90. The largest absolute Gasteiger partial charge is 0.493 e. The molecule has 1 aliphatic heterocycles. The molecule has 31 heavy (non-hydrogen) atoms. The number of methoxy groups -OCH3 is 1. The molecule has 1 atom stereocenters. The second-order valence-electron chi connectivity index (χ2n) is 9.88. The Morgan fingerprint density at radius 2 is 1.84 bits per heavy atom. The molecule has 0 N–H and O–H groups in total. The van der Waals surface area contributed by atoms with Crippen LogP contribution in [-0.2, 0) is 5.41 Å². The van der Waals surface area contributed by atoms with E-state index in [1.165, 1.54) is 38.5 Å². The molecule has 0 radical (unpaired) electrons. The van der Waals surface area contributed by atoms with E-state index in [0.717, 1.165) is 40.0 Å². The van der Waals surface area contributed by atoms with E-state index in [9.17, 15) is 4.79 Å². The van der Waals surface area contributed by atoms with Gasteiger partial charge in [0.15, 0.2) is 22.5 Å². The van der Waals surface area contributed by atoms with Gasteiger partial charge in [-0.3, -0.25) is 4.79 Å². The van der Waals surface area contributed by atoms with Crippen molar-refractivity contribution < 1.29 is 14.3 Å². The minimum Gasteiger partial charge on any atom is -0.493 e. The molecule has 2 heterocycles. The zero-order chi connectivity index (χ0) is 21.2. The molecule has 1 aromatic carbocycles. The minimum atomic E-state index is 0.0120. The smallest absolute Gasteiger partial charge is 0.250 e. The van der Waals surface area contributed by atoms with Gasteiger partial charge in [-0.1, -0.05) is 17.8 Å². The standard InChI is InChI=1S/C24H29N3O3S/c1-3-30-18-5-4-17(9-19(18)29-2)20-10-21(28)27-23(31-20)25-22(26-27)24-11-14-6-15(12-24)8-16(7-14)13-24/h4-5,9,14-16,20H,3,6-8,10-13H2,1-2H3/t14?,15?,16?,20-,24?/m1/s1. The average Bonchev–Trinajstić information content (AvgIpc) is 3.19. The van der Waals surface area contributed by atoms with Crippen LogP contribution in [0.15, 0.2) is 23.4 Å². The number of carbonyl (C=O) groups excluding carboxylic acids is 1. The van der Waals surface area contributed by atoms with Gasteiger partial charge in [0.25, 0.3) is 5.91 Å². The Morgan fingerprint density at radius 1 is 1.13 bits per heavy atom. The van der Waals surface area contributed by atoms with Crippen LogP contribution in [0.3, 0.4) is 0 Å². The predicted octanol–water partition coefficient (Wildman–Crippen LogP) is 5.03. The summed E-state index contributed by atoms with van der Waals surface area (Å²) < 4.78 is 12.7. The first-order valence-corrected chi connectivity index (χ1v) is 12.4. The average molecular weight is 440 g/mol. The highest BCUT2D eigenvalue weighted by atomic mass is 32.2. The maximum absolute atomic E-state index is 13.0. The predicted molar refractivity (Wildman–Crippen MR) is 118 cm³/mol. The molecule has 164 valence electrons. The minimum absolute atomic E-state index is 0.0120. The third-order valence-corrected chi connectivity index (χ3v) is 8.99. The quantitative estimate of drug-likeness (QED) is 0.651. The summed E-state index contributed by atoms with van der Waals surface area (Å²) >= 11 is 1.65. The van der Waals surface area contributed by atoms with E-state index in [4.69, 9.17) is 19.6 Å². The summed E-state index contributed by atoms with van der Waals surface area (Å²) in [6, 6.07) is 5.95. The van der Waals surface area contributed by atoms with Crippen molar-refractivity contribution in [2.45, 2.75) is 67.7 Å². The molecular weight excluding hydrogens is 410 g/mol. The van der Waals surface area contributed by atoms with Crippen molar-refractivity contribution in [3.63, 3.8) is 0 Å². The highest BCUT2D eigenvalue weighted by molar-refractivity contribution is 7.99. The summed E-state index contributed by atoms with van der Waals surface area (Å²) in [6.45, 7) is 2.54. The first-order valence-electron chi connectivity index (χ1n) is 11.5. The lowest BCUT2D eigenvalue weighted by Crippen LogP contribution is -2.49. The molecule has 4 bridgehead atoms. The van der Waals surface area contributed by atoms with Crippen LogP contribution < -0.4 is 9.47 Å². The summed E-state index contributed by atoms with van der Waals surface area (Å²) in [4.78, 5) is 18.0. The second kappa shape index (κ2) is 7.26. The van der Waals surface area contributed by atoms with Crippen LogP contribution in [0.5, 0.6) is 11.5 Å². The summed E-state index contributed by atoms with van der Waals surface area (Å²) in [6.07, 6.45) is 8.22. The van der Waals surface area contributed by atoms with Crippen molar-refractivity contribution in [2.75, 3.05) is 13.7 Å². The number of aromatic nitrogens is 3. The lowest BCUT2D eigenvalue weighted by Gasteiger charge is -2.55. The normalized spacial score (nSPS) is 33.4. The number of carbonyl (C=O) groups is 1. The lowest BCUT2D eigenvalue weighted by molar-refractivity contribution is -0.00944. The van der Waals surface area contributed by atoms with Gasteiger partial charge in [0.1, 0.15) is 0 Å². The van der Waals surface area contributed by atoms with Crippen molar-refractivity contribution in [1.82, 2.24) is 14.8 Å². The summed E-state index contributed by atoms with van der Waals surface area (Å²) in [5, 5.41) is 5.57. The molecule has 6 nitrogen and oxygen atoms in total. The number of rotatable bonds is 5. The van der Waals surface area contributed by atoms with Crippen LogP contribution >= 0.6 is 11.8 Å². The Labute approximate surface area is 187 Å². The Bertz CT molecular complexity index is 998. The first kappa shape index (κ1) is 19.6. The van der Waals surface area contributed by atoms with E-state index in [0.29, 0.717) is 18.8 Å². The Hall–Kier alpha value is -2.02. The zero-order valence-corrected chi connectivity index (χ0v) is 19.0. The van der Waals surface area contributed by atoms with Crippen LogP contribution in [-0.4, -0.2) is 34.4 Å². The van der Waals surface area contributed by atoms with Gasteiger partial charge in [-0.2, -0.15) is 4.68 Å². The monoisotopic (exact) mass is 439 g/mol. The molecule has 7 heteroatoms. The van der Waals surface area contributed by atoms with Crippen molar-refractivity contribution in [2.24, 2.45) is 17.8 Å². The molecule has 7 rings (SSSR count). The molecule has 4 fully saturated rings. The van der Waals surface area contributed by atoms with Gasteiger partial charge in [-0.15, -0.1) is 5.10 Å². The maximum atomic E-state index is 13.0. The van der Waals surface area contributed by atoms with Crippen molar-refractivity contribution in [3.05, 3.63) is 29.6 Å². The van der Waals surface area contributed by atoms with E-state index in [1.807, 2.05) is 25.1 Å². The summed E-state index contributed by atoms with van der Waals surface area (Å²) in [7, 11) is 1.65. The maximum Gasteiger partial charge on any atom is 0.250 e. The van der Waals surface area contributed by atoms with E-state index >= 15 is 0 Å². The van der Waals surface area contributed by atoms with Crippen LogP contribution in [0.25, 0.3) is 0 Å². The molecular formula is C24H29N3O3S. The van der Waals surface area contributed by atoms with Gasteiger partial charge in [0.2, 0.25) is 0 Å². The zero-order valence-electron chi connectivity index (χ0n) is 18.2. The third kappa shape index (κ3) is 3.19. The Balaban J connectivity index is 1.29. The van der Waals surface area contributed by atoms with Gasteiger partial charge in [0.05, 0.1) is 13.7 Å². The number of fused-ring (bicyclic) bond motifs is 1. The molecule has 5 aliphatic rings. The molecule has 4 saturated carbocycles. The first-order chi connectivity index (χ1) is 15.1. The summed E-state index contributed by atoms with van der Waals surface area (Å²) in [5.41, 5.74) is 1.17. The molecule has 1 aromatic heterocycles. The van der Waals surface area contributed by atoms with E-state index in [-0.39, 0.29) is 16.6 Å². The van der Waals surface area contributed by atoms with E-state index < -0.39 is 0 Å². The number of nitrogens with zero attached hydrogens (tertiary/aromatic N) is 3. The fourth-order valence-electron chi connectivity index (χ4n) is 6.90. The van der Waals surface area contributed by atoms with Gasteiger partial charge in [-0.05, 0) is 80.9 Å². The SMILES string of the molecule is CCOc1ccc([C@H]2CC(=O)n3nc(C45CC6CC(CC(C6)C4)C5)nc3S2)cc1OC. The molecule has 0 spiro atoms. The van der Waals surface area contributed by atoms with Gasteiger partial charge >= 0.3 is 0 Å². The molecule has 0 unspecified atom stereocenters. The number of thioether (sulfide) groups is 1. The fourth-order valence-corrected chi connectivity index (χ4v) is 8.05. The second-order valence-corrected chi connectivity index (χ2v) is 11.0. The molecule has 0 amide bonds. The van der Waals surface area contributed by atoms with Crippen molar-refractivity contribution >= 4 is 17.7 Å². The van der Waals surface area contributed by atoms with Crippen molar-refractivity contribution in [1.29, 1.82) is 0 Å². The van der Waals surface area contributed by atoms with E-state index in [1.54, 1.807) is 23.6 Å². The van der Waals surface area contributed by atoms with Gasteiger partial charge < -0.3 is 9.47 Å². The number of ether oxygens (including phenoxy) is 2. The molecule has 2 aromatic rings. The van der Waals surface area contributed by atoms with Gasteiger partial charge in [-0.25, -0.2) is 4.98 Å². The number of benzene rings is 1. The van der Waals surface area contributed by atoms with E-state index in [2.05, 4.69) is 0 Å². The highest BCUT2D eigenvalue weighted by Crippen LogP contribution is 2.60. The van der Waals surface area contributed by atoms with Crippen molar-refractivity contribution in [3.8, 4) is 11.5 Å². The molecule has 0 saturated heterocycles. The van der Waals surface area contributed by atoms with Crippen LogP contribution in [0, 0.1) is 17.8 Å². The fraction of sp³-hybridized carbons (Fsp3) is 0.625.